The zero-order valence-corrected chi connectivity index (χ0v) is 15.4. The van der Waals surface area contributed by atoms with Crippen molar-refractivity contribution in [2.45, 2.75) is 17.0 Å². The minimum atomic E-state index is -4.65. The summed E-state index contributed by atoms with van der Waals surface area (Å²) in [5, 5.41) is 1.21. The lowest BCUT2D eigenvalue weighted by molar-refractivity contribution is -0.145. The molecular weight excluding hydrogens is 389 g/mol. The van der Waals surface area contributed by atoms with Crippen molar-refractivity contribution in [1.82, 2.24) is 19.5 Å². The van der Waals surface area contributed by atoms with E-state index in [0.717, 1.165) is 11.8 Å². The largest absolute Gasteiger partial charge is 0.451 e. The van der Waals surface area contributed by atoms with Crippen LogP contribution in [0.3, 0.4) is 0 Å². The van der Waals surface area contributed by atoms with Crippen molar-refractivity contribution in [1.29, 1.82) is 0 Å². The van der Waals surface area contributed by atoms with Crippen LogP contribution in [0.4, 0.5) is 13.2 Å². The standard InChI is InChI=1S/C19H13F3N4OS/c1-26-15(23-14-9-5-3-7-12(14)17(26)27)10-28-16-11-6-2-4-8-13(11)24-18(25-16)19(20,21)22/h2-9H,10H2,1H3. The van der Waals surface area contributed by atoms with E-state index in [1.165, 1.54) is 10.6 Å². The SMILES string of the molecule is Cn1c(CSc2nc(C(F)(F)F)nc3ccccc23)nc2ccccc2c1=O. The Morgan fingerprint density at radius 2 is 1.54 bits per heavy atom. The van der Waals surface area contributed by atoms with Crippen LogP contribution in [0.25, 0.3) is 21.8 Å². The predicted molar refractivity (Wildman–Crippen MR) is 101 cm³/mol. The van der Waals surface area contributed by atoms with Gasteiger partial charge in [0.25, 0.3) is 5.56 Å². The van der Waals surface area contributed by atoms with Crippen molar-refractivity contribution in [3.05, 3.63) is 70.5 Å². The van der Waals surface area contributed by atoms with Crippen molar-refractivity contribution in [2.75, 3.05) is 0 Å². The molecule has 0 amide bonds. The zero-order chi connectivity index (χ0) is 19.9. The van der Waals surface area contributed by atoms with E-state index in [9.17, 15) is 18.0 Å². The first-order valence-corrected chi connectivity index (χ1v) is 9.24. The molecule has 0 atom stereocenters. The van der Waals surface area contributed by atoms with Crippen molar-refractivity contribution >= 4 is 33.6 Å². The molecule has 0 saturated heterocycles. The van der Waals surface area contributed by atoms with Gasteiger partial charge in [-0.3, -0.25) is 9.36 Å². The molecule has 142 valence electrons. The summed E-state index contributed by atoms with van der Waals surface area (Å²) in [6.07, 6.45) is -4.65. The summed E-state index contributed by atoms with van der Waals surface area (Å²) in [7, 11) is 1.59. The number of halogens is 3. The van der Waals surface area contributed by atoms with Gasteiger partial charge in [-0.25, -0.2) is 15.0 Å². The van der Waals surface area contributed by atoms with E-state index >= 15 is 0 Å². The Balaban J connectivity index is 1.76. The van der Waals surface area contributed by atoms with Crippen molar-refractivity contribution in [2.24, 2.45) is 7.05 Å². The number of alkyl halides is 3. The van der Waals surface area contributed by atoms with E-state index < -0.39 is 12.0 Å². The molecule has 0 N–H and O–H groups in total. The summed E-state index contributed by atoms with van der Waals surface area (Å²) in [4.78, 5) is 24.3. The van der Waals surface area contributed by atoms with Crippen LogP contribution in [0.1, 0.15) is 11.6 Å². The van der Waals surface area contributed by atoms with Crippen LogP contribution in [-0.4, -0.2) is 19.5 Å². The number of aromatic nitrogens is 4. The maximum atomic E-state index is 13.2. The molecule has 0 unspecified atom stereocenters. The minimum Gasteiger partial charge on any atom is -0.299 e. The first-order chi connectivity index (χ1) is 13.3. The summed E-state index contributed by atoms with van der Waals surface area (Å²) in [5.74, 6) is -0.548. The lowest BCUT2D eigenvalue weighted by Gasteiger charge is -2.12. The quantitative estimate of drug-likeness (QED) is 0.380. The van der Waals surface area contributed by atoms with E-state index in [1.54, 1.807) is 49.5 Å². The number of nitrogens with zero attached hydrogens (tertiary/aromatic N) is 4. The molecule has 0 saturated carbocycles. The average Bonchev–Trinajstić information content (AvgIpc) is 2.68. The second-order valence-corrected chi connectivity index (χ2v) is 7.03. The number of rotatable bonds is 3. The number of fused-ring (bicyclic) bond motifs is 2. The van der Waals surface area contributed by atoms with Gasteiger partial charge >= 0.3 is 6.18 Å². The molecule has 0 bridgehead atoms. The lowest BCUT2D eigenvalue weighted by Crippen LogP contribution is -2.22. The fourth-order valence-electron chi connectivity index (χ4n) is 2.81. The summed E-state index contributed by atoms with van der Waals surface area (Å²) in [5.41, 5.74) is 0.558. The van der Waals surface area contributed by atoms with Gasteiger partial charge in [-0.1, -0.05) is 42.1 Å². The van der Waals surface area contributed by atoms with E-state index in [4.69, 9.17) is 0 Å². The van der Waals surface area contributed by atoms with Gasteiger partial charge in [0.05, 0.1) is 22.2 Å². The first-order valence-electron chi connectivity index (χ1n) is 8.26. The second kappa shape index (κ2) is 6.90. The predicted octanol–water partition coefficient (Wildman–Crippen LogP) is 4.19. The first kappa shape index (κ1) is 18.4. The highest BCUT2D eigenvalue weighted by Gasteiger charge is 2.35. The van der Waals surface area contributed by atoms with Gasteiger partial charge in [0.15, 0.2) is 0 Å². The third kappa shape index (κ3) is 3.33. The van der Waals surface area contributed by atoms with Crippen LogP contribution in [0, 0.1) is 0 Å². The normalized spacial score (nSPS) is 12.0. The monoisotopic (exact) mass is 402 g/mol. The average molecular weight is 402 g/mol. The Labute approximate surface area is 161 Å². The van der Waals surface area contributed by atoms with Crippen LogP contribution < -0.4 is 5.56 Å². The minimum absolute atomic E-state index is 0.189. The van der Waals surface area contributed by atoms with Gasteiger partial charge in [-0.05, 0) is 18.2 Å². The Kier molecular flexibility index (Phi) is 4.54. The van der Waals surface area contributed by atoms with Gasteiger partial charge in [-0.15, -0.1) is 0 Å². The van der Waals surface area contributed by atoms with Crippen molar-refractivity contribution in [3.8, 4) is 0 Å². The number of hydrogen-bond acceptors (Lipinski definition) is 5. The molecule has 0 radical (unpaired) electrons. The maximum Gasteiger partial charge on any atom is 0.451 e. The summed E-state index contributed by atoms with van der Waals surface area (Å²) < 4.78 is 40.9. The molecule has 0 aliphatic rings. The van der Waals surface area contributed by atoms with Crippen LogP contribution in [-0.2, 0) is 19.0 Å². The molecule has 0 spiro atoms. The molecule has 2 aromatic heterocycles. The smallest absolute Gasteiger partial charge is 0.299 e. The Hall–Kier alpha value is -2.94. The van der Waals surface area contributed by atoms with Gasteiger partial charge in [-0.2, -0.15) is 13.2 Å². The van der Waals surface area contributed by atoms with E-state index in [2.05, 4.69) is 15.0 Å². The lowest BCUT2D eigenvalue weighted by atomic mass is 10.2. The third-order valence-electron chi connectivity index (χ3n) is 4.24. The zero-order valence-electron chi connectivity index (χ0n) is 14.6. The summed E-state index contributed by atoms with van der Waals surface area (Å²) in [6.45, 7) is 0. The maximum absolute atomic E-state index is 13.2. The molecule has 2 aromatic carbocycles. The molecule has 0 aliphatic heterocycles. The molecule has 0 fully saturated rings. The molecule has 9 heteroatoms. The Morgan fingerprint density at radius 3 is 2.21 bits per heavy atom. The van der Waals surface area contributed by atoms with Gasteiger partial charge in [0, 0.05) is 12.4 Å². The van der Waals surface area contributed by atoms with Crippen molar-refractivity contribution < 1.29 is 13.2 Å². The Morgan fingerprint density at radius 1 is 0.929 bits per heavy atom. The molecular formula is C19H13F3N4OS. The molecule has 4 aromatic rings. The van der Waals surface area contributed by atoms with E-state index in [0.29, 0.717) is 22.1 Å². The van der Waals surface area contributed by atoms with E-state index in [-0.39, 0.29) is 21.9 Å². The topological polar surface area (TPSA) is 60.7 Å². The van der Waals surface area contributed by atoms with Crippen LogP contribution in [0.2, 0.25) is 0 Å². The van der Waals surface area contributed by atoms with Gasteiger partial charge in [0.2, 0.25) is 5.82 Å². The number of benzene rings is 2. The van der Waals surface area contributed by atoms with E-state index in [1.807, 2.05) is 0 Å². The highest BCUT2D eigenvalue weighted by Crippen LogP contribution is 2.33. The molecule has 0 aliphatic carbocycles. The molecule has 2 heterocycles. The highest BCUT2D eigenvalue weighted by molar-refractivity contribution is 7.98. The fraction of sp³-hybridized carbons (Fsp3) is 0.158. The third-order valence-corrected chi connectivity index (χ3v) is 5.22. The fourth-order valence-corrected chi connectivity index (χ4v) is 3.81. The summed E-state index contributed by atoms with van der Waals surface area (Å²) >= 11 is 1.09. The molecule has 5 nitrogen and oxygen atoms in total. The van der Waals surface area contributed by atoms with Crippen LogP contribution in [0.15, 0.2) is 58.4 Å². The molecule has 28 heavy (non-hydrogen) atoms. The summed E-state index contributed by atoms with van der Waals surface area (Å²) in [6, 6.07) is 13.5. The second-order valence-electron chi connectivity index (χ2n) is 6.07. The van der Waals surface area contributed by atoms with Gasteiger partial charge < -0.3 is 0 Å². The highest BCUT2D eigenvalue weighted by atomic mass is 32.2. The Bertz CT molecular complexity index is 1250. The number of hydrogen-bond donors (Lipinski definition) is 0. The van der Waals surface area contributed by atoms with Gasteiger partial charge in [0.1, 0.15) is 10.9 Å². The number of thioether (sulfide) groups is 1. The van der Waals surface area contributed by atoms with Crippen LogP contribution >= 0.6 is 11.8 Å². The molecule has 4 rings (SSSR count). The van der Waals surface area contributed by atoms with Crippen molar-refractivity contribution in [3.63, 3.8) is 0 Å². The number of para-hydroxylation sites is 2. The van der Waals surface area contributed by atoms with Crippen LogP contribution in [0.5, 0.6) is 0 Å².